The maximum atomic E-state index is 13.6. The van der Waals surface area contributed by atoms with Crippen molar-refractivity contribution in [2.75, 3.05) is 75.4 Å². The van der Waals surface area contributed by atoms with Crippen LogP contribution in [0.1, 0.15) is 50.0 Å². The van der Waals surface area contributed by atoms with Gasteiger partial charge in [0.05, 0.1) is 4.92 Å². The zero-order chi connectivity index (χ0) is 44.7. The first-order valence-corrected chi connectivity index (χ1v) is 24.6. The van der Waals surface area contributed by atoms with Gasteiger partial charge in [-0.1, -0.05) is 76.9 Å². The summed E-state index contributed by atoms with van der Waals surface area (Å²) in [5.74, 6) is 0.535. The van der Waals surface area contributed by atoms with Crippen LogP contribution in [-0.4, -0.2) is 108 Å². The summed E-state index contributed by atoms with van der Waals surface area (Å²) in [6, 6.07) is 40.3. The third-order valence-electron chi connectivity index (χ3n) is 11.6. The number of hydrogen-bond acceptors (Lipinski definition) is 9. The Bertz CT molecular complexity index is 2270. The monoisotopic (exact) mass is 907 g/mol. The summed E-state index contributed by atoms with van der Waals surface area (Å²) in [6.45, 7) is 16.9. The molecule has 2 N–H and O–H groups in total. The van der Waals surface area contributed by atoms with Gasteiger partial charge in [0.15, 0.2) is 0 Å². The predicted octanol–water partition coefficient (Wildman–Crippen LogP) is 10.7. The lowest BCUT2D eigenvalue weighted by Crippen LogP contribution is -2.49. The topological polar surface area (TPSA) is 97.2 Å². The quantitative estimate of drug-likeness (QED) is 0.0323. The van der Waals surface area contributed by atoms with E-state index in [1.54, 1.807) is 23.9 Å². The molecular formula is C50H62ClN7O3S2. The third-order valence-corrected chi connectivity index (χ3v) is 14.6. The van der Waals surface area contributed by atoms with Crippen LogP contribution in [0.5, 0.6) is 0 Å². The van der Waals surface area contributed by atoms with Crippen LogP contribution in [0, 0.1) is 10.1 Å². The number of likely N-dealkylation sites (N-methyl/N-ethyl adjacent to an activating group) is 2. The predicted molar refractivity (Wildman–Crippen MR) is 268 cm³/mol. The number of anilines is 2. The van der Waals surface area contributed by atoms with Crippen molar-refractivity contribution in [3.63, 3.8) is 0 Å². The molecule has 1 fully saturated rings. The molecule has 13 heteroatoms. The molecule has 1 amide bonds. The zero-order valence-corrected chi connectivity index (χ0v) is 39.6. The van der Waals surface area contributed by atoms with E-state index in [4.69, 9.17) is 11.6 Å². The maximum Gasteiger partial charge on any atom is 0.293 e. The van der Waals surface area contributed by atoms with Gasteiger partial charge in [0.2, 0.25) is 0 Å². The summed E-state index contributed by atoms with van der Waals surface area (Å²) in [6.07, 6.45) is 0.857. The number of thioether (sulfide) groups is 1. The standard InChI is InChI=1S/C50H62ClN7O3S2/c1-6-56(32-29-54(5)36-41-13-11-12-16-47(41)39-17-21-42(51)22-18-39)44-23-19-40(20-24-44)50(59)53-63(7-2)46-25-26-48(49(35-46)58(60)61)52-43(37-62-45-14-9-8-10-15-45)27-28-55-30-33-57(34-31-55)38(3)4/h7-26,35,38,43,52H,6,27-34,36-37H2,1-5H3,(H,53,59)/t43-,63?/m1/s1. The number of benzene rings is 5. The molecule has 0 bridgehead atoms. The fourth-order valence-electron chi connectivity index (χ4n) is 7.83. The van der Waals surface area contributed by atoms with E-state index in [0.717, 1.165) is 87.3 Å². The number of hydrogen-bond donors (Lipinski definition) is 2. The number of piperazine rings is 1. The first-order valence-electron chi connectivity index (χ1n) is 21.9. The highest BCUT2D eigenvalue weighted by molar-refractivity contribution is 8.13. The summed E-state index contributed by atoms with van der Waals surface area (Å²) >= 11 is 7.91. The van der Waals surface area contributed by atoms with Gasteiger partial charge in [0.25, 0.3) is 11.6 Å². The van der Waals surface area contributed by atoms with E-state index in [-0.39, 0.29) is 22.6 Å². The Labute approximate surface area is 386 Å². The van der Waals surface area contributed by atoms with Crippen molar-refractivity contribution >= 4 is 62.4 Å². The van der Waals surface area contributed by atoms with E-state index < -0.39 is 10.7 Å². The molecule has 0 aromatic heterocycles. The molecular weight excluding hydrogens is 846 g/mol. The minimum atomic E-state index is -0.864. The molecule has 2 atom stereocenters. The van der Waals surface area contributed by atoms with E-state index in [9.17, 15) is 14.9 Å². The molecule has 0 spiro atoms. The Hall–Kier alpha value is -4.69. The van der Waals surface area contributed by atoms with Crippen LogP contribution in [0.15, 0.2) is 131 Å². The molecule has 0 aliphatic carbocycles. The van der Waals surface area contributed by atoms with Gasteiger partial charge in [-0.05, 0) is 124 Å². The smallest absolute Gasteiger partial charge is 0.293 e. The van der Waals surface area contributed by atoms with Crippen LogP contribution >= 0.6 is 34.0 Å². The average Bonchev–Trinajstić information content (AvgIpc) is 3.30. The number of carbonyl (C=O) groups is 1. The summed E-state index contributed by atoms with van der Waals surface area (Å²) in [5, 5.41) is 18.8. The fourth-order valence-corrected chi connectivity index (χ4v) is 10.2. The maximum absolute atomic E-state index is 13.6. The Balaban J connectivity index is 1.06. The van der Waals surface area contributed by atoms with Gasteiger partial charge in [-0.25, -0.2) is 0 Å². The number of nitrogens with one attached hydrogen (secondary N) is 2. The van der Waals surface area contributed by atoms with E-state index >= 15 is 0 Å². The molecule has 1 aliphatic rings. The molecule has 1 unspecified atom stereocenters. The van der Waals surface area contributed by atoms with Crippen LogP contribution in [0.2, 0.25) is 5.02 Å². The summed E-state index contributed by atoms with van der Waals surface area (Å²) in [4.78, 5) is 37.4. The minimum absolute atomic E-state index is 0.00165. The van der Waals surface area contributed by atoms with Gasteiger partial charge in [-0.3, -0.25) is 24.5 Å². The number of amides is 1. The first kappa shape index (κ1) is 47.8. The van der Waals surface area contributed by atoms with Crippen LogP contribution in [-0.2, 0) is 6.54 Å². The van der Waals surface area contributed by atoms with Crippen LogP contribution in [0.4, 0.5) is 17.1 Å². The number of nitro benzene ring substituents is 1. The van der Waals surface area contributed by atoms with Crippen LogP contribution in [0.25, 0.3) is 11.1 Å². The summed E-state index contributed by atoms with van der Waals surface area (Å²) in [7, 11) is 1.28. The molecule has 5 aromatic rings. The molecule has 334 valence electrons. The molecule has 6 rings (SSSR count). The van der Waals surface area contributed by atoms with Gasteiger partial charge >= 0.3 is 0 Å². The first-order chi connectivity index (χ1) is 30.5. The molecule has 0 saturated carbocycles. The highest BCUT2D eigenvalue weighted by atomic mass is 35.5. The lowest BCUT2D eigenvalue weighted by molar-refractivity contribution is -0.384. The molecule has 63 heavy (non-hydrogen) atoms. The second-order valence-electron chi connectivity index (χ2n) is 16.2. The number of nitro groups is 1. The number of halogens is 1. The van der Waals surface area contributed by atoms with E-state index in [0.29, 0.717) is 22.2 Å². The van der Waals surface area contributed by atoms with Gasteiger partial charge in [-0.2, -0.15) is 0 Å². The van der Waals surface area contributed by atoms with Crippen molar-refractivity contribution in [3.8, 4) is 11.1 Å². The van der Waals surface area contributed by atoms with Crippen molar-refractivity contribution in [1.29, 1.82) is 0 Å². The fraction of sp³-hybridized carbons (Fsp3) is 0.360. The molecule has 1 saturated heterocycles. The molecule has 10 nitrogen and oxygen atoms in total. The van der Waals surface area contributed by atoms with E-state index in [1.165, 1.54) is 16.0 Å². The second kappa shape index (κ2) is 23.8. The van der Waals surface area contributed by atoms with Gasteiger partial charge < -0.3 is 20.0 Å². The summed E-state index contributed by atoms with van der Waals surface area (Å²) < 4.78 is 3.13. The minimum Gasteiger partial charge on any atom is -0.376 e. The normalized spacial score (nSPS) is 14.5. The average molecular weight is 909 g/mol. The van der Waals surface area contributed by atoms with Gasteiger partial charge in [0, 0.05) is 109 Å². The molecule has 1 heterocycles. The Morgan fingerprint density at radius 1 is 0.921 bits per heavy atom. The zero-order valence-electron chi connectivity index (χ0n) is 37.2. The number of carbonyl (C=O) groups excluding carboxylic acids is 1. The Morgan fingerprint density at radius 3 is 2.29 bits per heavy atom. The molecule has 0 radical (unpaired) electrons. The lowest BCUT2D eigenvalue weighted by atomic mass is 9.99. The Kier molecular flexibility index (Phi) is 18.1. The second-order valence-corrected chi connectivity index (χ2v) is 19.5. The van der Waals surface area contributed by atoms with Crippen molar-refractivity contribution in [2.45, 2.75) is 62.5 Å². The molecule has 5 aromatic carbocycles. The van der Waals surface area contributed by atoms with Crippen molar-refractivity contribution in [1.82, 2.24) is 19.4 Å². The van der Waals surface area contributed by atoms with E-state index in [2.05, 4.69) is 106 Å². The Morgan fingerprint density at radius 2 is 1.62 bits per heavy atom. The number of nitrogens with zero attached hydrogens (tertiary/aromatic N) is 5. The van der Waals surface area contributed by atoms with Crippen molar-refractivity contribution in [2.24, 2.45) is 0 Å². The number of rotatable bonds is 21. The van der Waals surface area contributed by atoms with Crippen molar-refractivity contribution < 1.29 is 9.72 Å². The van der Waals surface area contributed by atoms with Crippen LogP contribution in [0.3, 0.4) is 0 Å². The van der Waals surface area contributed by atoms with Gasteiger partial charge in [0.1, 0.15) is 5.69 Å². The van der Waals surface area contributed by atoms with Crippen molar-refractivity contribution in [3.05, 3.63) is 148 Å². The largest absolute Gasteiger partial charge is 0.376 e. The lowest BCUT2D eigenvalue weighted by Gasteiger charge is -2.37. The highest BCUT2D eigenvalue weighted by Crippen LogP contribution is 2.34. The van der Waals surface area contributed by atoms with Gasteiger partial charge in [-0.15, -0.1) is 11.8 Å². The summed E-state index contributed by atoms with van der Waals surface area (Å²) in [5.41, 5.74) is 5.66. The van der Waals surface area contributed by atoms with Crippen LogP contribution < -0.4 is 14.9 Å². The van der Waals surface area contributed by atoms with E-state index in [1.807, 2.05) is 73.0 Å². The highest BCUT2D eigenvalue weighted by Gasteiger charge is 2.23. The molecule has 1 aliphatic heterocycles. The third kappa shape index (κ3) is 13.9. The SMILES string of the molecule is C/C=S(/NC(=O)c1ccc(N(CC)CCN(C)Cc2ccccc2-c2ccc(Cl)cc2)cc1)c1ccc(N[C@H](CCN2CCN(C(C)C)CC2)CSc2ccccc2)c([N+](=O)[O-])c1.